The molecule has 2 atom stereocenters. The van der Waals surface area contributed by atoms with Gasteiger partial charge >= 0.3 is 18.5 Å². The molecule has 0 amide bonds. The maximum atomic E-state index is 13.6. The molecule has 0 bridgehead atoms. The number of halogens is 6. The molecule has 11 heteroatoms. The Morgan fingerprint density at radius 3 is 2.33 bits per heavy atom. The minimum atomic E-state index is -4.92. The number of nitrogens with zero attached hydrogens (tertiary/aromatic N) is 1. The van der Waals surface area contributed by atoms with Crippen molar-refractivity contribution in [3.05, 3.63) is 77.6 Å². The molecule has 0 aromatic heterocycles. The van der Waals surface area contributed by atoms with Gasteiger partial charge in [-0.2, -0.15) is 13.2 Å². The van der Waals surface area contributed by atoms with Crippen molar-refractivity contribution >= 4 is 12.2 Å². The summed E-state index contributed by atoms with van der Waals surface area (Å²) in [6.07, 6.45) is -5.98. The van der Waals surface area contributed by atoms with Gasteiger partial charge in [0.15, 0.2) is 0 Å². The zero-order chi connectivity index (χ0) is 26.7. The minimum Gasteiger partial charge on any atom is -0.481 e. The molecule has 192 valence electrons. The van der Waals surface area contributed by atoms with Gasteiger partial charge in [0.1, 0.15) is 5.75 Å². The van der Waals surface area contributed by atoms with Crippen LogP contribution in [0.3, 0.4) is 0 Å². The second kappa shape index (κ2) is 10.5. The van der Waals surface area contributed by atoms with Crippen LogP contribution in [0.1, 0.15) is 24.5 Å². The smallest absolute Gasteiger partial charge is 0.481 e. The number of aliphatic imine (C=N–C) groups is 1. The van der Waals surface area contributed by atoms with E-state index in [9.17, 15) is 31.1 Å². The Labute approximate surface area is 202 Å². The maximum Gasteiger partial charge on any atom is 0.573 e. The van der Waals surface area contributed by atoms with Crippen LogP contribution in [0.5, 0.6) is 5.75 Å². The van der Waals surface area contributed by atoms with Crippen LogP contribution in [-0.2, 0) is 17.5 Å². The molecule has 1 fully saturated rings. The number of allylic oxidation sites excluding steroid dienone is 3. The average Bonchev–Trinajstić information content (AvgIpc) is 3.59. The third-order valence-corrected chi connectivity index (χ3v) is 5.50. The van der Waals surface area contributed by atoms with Crippen molar-refractivity contribution < 1.29 is 41.0 Å². The van der Waals surface area contributed by atoms with Crippen molar-refractivity contribution in [2.75, 3.05) is 0 Å². The fourth-order valence-corrected chi connectivity index (χ4v) is 3.53. The first-order valence-electron chi connectivity index (χ1n) is 10.7. The van der Waals surface area contributed by atoms with E-state index in [2.05, 4.69) is 21.6 Å². The Balaban J connectivity index is 1.75. The third-order valence-electron chi connectivity index (χ3n) is 5.50. The number of benzene rings is 2. The van der Waals surface area contributed by atoms with E-state index in [0.717, 1.165) is 30.3 Å². The van der Waals surface area contributed by atoms with Crippen LogP contribution < -0.4 is 10.1 Å². The van der Waals surface area contributed by atoms with Crippen LogP contribution in [0.2, 0.25) is 0 Å². The summed E-state index contributed by atoms with van der Waals surface area (Å²) in [6.45, 7) is 5.63. The number of rotatable bonds is 9. The predicted octanol–water partition coefficient (Wildman–Crippen LogP) is 6.57. The molecule has 1 saturated carbocycles. The van der Waals surface area contributed by atoms with Gasteiger partial charge in [0.05, 0.1) is 11.5 Å². The molecular formula is C25H22F6N2O3. The highest BCUT2D eigenvalue weighted by molar-refractivity contribution is 5.79. The number of carboxylic acids is 1. The molecule has 2 N–H and O–H groups in total. The summed E-state index contributed by atoms with van der Waals surface area (Å²) < 4.78 is 81.7. The lowest BCUT2D eigenvalue weighted by atomic mass is 9.96. The van der Waals surface area contributed by atoms with Crippen LogP contribution in [0.25, 0.3) is 11.1 Å². The van der Waals surface area contributed by atoms with Crippen LogP contribution in [0.4, 0.5) is 26.3 Å². The number of carboxylic acid groups (broad SMARTS) is 1. The molecule has 3 rings (SSSR count). The van der Waals surface area contributed by atoms with E-state index in [0.29, 0.717) is 23.4 Å². The summed E-state index contributed by atoms with van der Waals surface area (Å²) in [7, 11) is 0. The quantitative estimate of drug-likeness (QED) is 0.295. The second-order valence-corrected chi connectivity index (χ2v) is 8.08. The lowest BCUT2D eigenvalue weighted by Gasteiger charge is -2.16. The average molecular weight is 512 g/mol. The highest BCUT2D eigenvalue weighted by atomic mass is 19.4. The van der Waals surface area contributed by atoms with Gasteiger partial charge in [0.2, 0.25) is 0 Å². The monoisotopic (exact) mass is 512 g/mol. The third kappa shape index (κ3) is 7.12. The first kappa shape index (κ1) is 26.8. The largest absolute Gasteiger partial charge is 0.573 e. The van der Waals surface area contributed by atoms with Crippen molar-refractivity contribution in [3.8, 4) is 16.9 Å². The van der Waals surface area contributed by atoms with Crippen LogP contribution in [-0.4, -0.2) is 23.7 Å². The normalized spacial score (nSPS) is 18.2. The van der Waals surface area contributed by atoms with Gasteiger partial charge in [-0.3, -0.25) is 9.79 Å². The fourth-order valence-electron chi connectivity index (χ4n) is 3.53. The zero-order valence-corrected chi connectivity index (χ0v) is 19.0. The van der Waals surface area contributed by atoms with Crippen molar-refractivity contribution in [2.45, 2.75) is 32.4 Å². The second-order valence-electron chi connectivity index (χ2n) is 8.08. The van der Waals surface area contributed by atoms with Gasteiger partial charge in [0.25, 0.3) is 0 Å². The molecule has 2 aromatic rings. The summed E-state index contributed by atoms with van der Waals surface area (Å²) in [5.41, 5.74) is 0.390. The van der Waals surface area contributed by atoms with E-state index in [1.54, 1.807) is 13.0 Å². The summed E-state index contributed by atoms with van der Waals surface area (Å²) >= 11 is 0. The summed E-state index contributed by atoms with van der Waals surface area (Å²) in [5, 5.41) is 12.0. The van der Waals surface area contributed by atoms with E-state index < -0.39 is 35.7 Å². The van der Waals surface area contributed by atoms with E-state index >= 15 is 0 Å². The summed E-state index contributed by atoms with van der Waals surface area (Å²) in [5.74, 6) is -2.16. The molecule has 0 saturated heterocycles. The van der Waals surface area contributed by atoms with Crippen LogP contribution >= 0.6 is 0 Å². The Morgan fingerprint density at radius 2 is 1.81 bits per heavy atom. The van der Waals surface area contributed by atoms with E-state index in [4.69, 9.17) is 5.11 Å². The number of nitrogens with one attached hydrogen (secondary N) is 1. The number of carbonyl (C=O) groups is 1. The molecule has 0 radical (unpaired) electrons. The highest BCUT2D eigenvalue weighted by Crippen LogP contribution is 2.44. The molecule has 36 heavy (non-hydrogen) atoms. The lowest BCUT2D eigenvalue weighted by Crippen LogP contribution is -2.17. The lowest BCUT2D eigenvalue weighted by molar-refractivity contribution is -0.274. The number of aliphatic carboxylic acids is 1. The molecule has 1 aliphatic rings. The summed E-state index contributed by atoms with van der Waals surface area (Å²) in [6, 6.07) is 7.66. The van der Waals surface area contributed by atoms with Crippen LogP contribution in [0, 0.1) is 11.8 Å². The van der Waals surface area contributed by atoms with Gasteiger partial charge in [-0.1, -0.05) is 30.9 Å². The minimum absolute atomic E-state index is 0.0697. The molecule has 0 unspecified atom stereocenters. The molecule has 1 aliphatic carbocycles. The maximum absolute atomic E-state index is 13.6. The topological polar surface area (TPSA) is 70.9 Å². The zero-order valence-electron chi connectivity index (χ0n) is 19.0. The Hall–Kier alpha value is -3.76. The molecule has 0 heterocycles. The fraction of sp³-hybridized carbons (Fsp3) is 0.280. The molecule has 2 aromatic carbocycles. The first-order valence-corrected chi connectivity index (χ1v) is 10.7. The van der Waals surface area contributed by atoms with Crippen molar-refractivity contribution in [3.63, 3.8) is 0 Å². The summed E-state index contributed by atoms with van der Waals surface area (Å²) in [4.78, 5) is 15.2. The molecule has 0 aliphatic heterocycles. The van der Waals surface area contributed by atoms with Crippen molar-refractivity contribution in [1.82, 2.24) is 5.32 Å². The number of alkyl halides is 6. The first-order chi connectivity index (χ1) is 16.8. The van der Waals surface area contributed by atoms with E-state index in [1.807, 2.05) is 0 Å². The van der Waals surface area contributed by atoms with Gasteiger partial charge < -0.3 is 15.2 Å². The molecule has 0 spiro atoms. The van der Waals surface area contributed by atoms with Gasteiger partial charge in [0, 0.05) is 30.1 Å². The Morgan fingerprint density at radius 1 is 1.14 bits per heavy atom. The van der Waals surface area contributed by atoms with E-state index in [-0.39, 0.29) is 23.6 Å². The van der Waals surface area contributed by atoms with Gasteiger partial charge in [-0.05, 0) is 54.3 Å². The SMILES string of the molecule is C=C(N=C/C(=C\C)NCc1ccc(C(F)(F)F)c(-c2ccc(OC(F)(F)F)cc2)c1)[C@H]1C[C@@H]1C(=O)O. The van der Waals surface area contributed by atoms with Gasteiger partial charge in [-0.15, -0.1) is 13.2 Å². The predicted molar refractivity (Wildman–Crippen MR) is 121 cm³/mol. The number of ether oxygens (including phenoxy) is 1. The number of hydrogen-bond acceptors (Lipinski definition) is 4. The van der Waals surface area contributed by atoms with Crippen molar-refractivity contribution in [1.29, 1.82) is 0 Å². The molecular weight excluding hydrogens is 490 g/mol. The Kier molecular flexibility index (Phi) is 7.80. The standard InChI is InChI=1S/C25H22F6N2O3/c1-3-17(13-32-14(2)19-11-21(19)23(34)35)33-12-15-4-9-22(24(26,27)28)20(10-15)16-5-7-18(8-6-16)36-25(29,30)31/h3-10,13,19,21,33H,2,11-12H2,1H3,(H,34,35)/b17-3+,32-13?/t19-,21+/m1/s1. The number of hydrogen-bond donors (Lipinski definition) is 2. The van der Waals surface area contributed by atoms with E-state index in [1.165, 1.54) is 18.3 Å². The highest BCUT2D eigenvalue weighted by Gasteiger charge is 2.45. The van der Waals surface area contributed by atoms with Crippen molar-refractivity contribution in [2.24, 2.45) is 16.8 Å². The molecule has 5 nitrogen and oxygen atoms in total. The Bertz CT molecular complexity index is 1180. The van der Waals surface area contributed by atoms with Gasteiger partial charge in [-0.25, -0.2) is 0 Å². The van der Waals surface area contributed by atoms with Crippen LogP contribution in [0.15, 0.2) is 71.5 Å².